The van der Waals surface area contributed by atoms with Gasteiger partial charge in [-0.15, -0.1) is 0 Å². The predicted molar refractivity (Wildman–Crippen MR) is 83.9 cm³/mol. The molecule has 1 heterocycles. The first-order valence-electron chi connectivity index (χ1n) is 7.30. The highest BCUT2D eigenvalue weighted by Gasteiger charge is 2.30. The van der Waals surface area contributed by atoms with Crippen molar-refractivity contribution in [1.82, 2.24) is 0 Å². The molecule has 0 spiro atoms. The standard InChI is InChI=1S/C18H19NO2/c1-3-21-14-7-5-13(6-8-14)11-16-15-10-12(2)4-9-17(15)19-18(16)20/h4-10,16H,3,11H2,1-2H3,(H,19,20). The molecule has 108 valence electrons. The second-order valence-electron chi connectivity index (χ2n) is 5.41. The number of carbonyl (C=O) groups is 1. The third-order valence-electron chi connectivity index (χ3n) is 3.83. The Labute approximate surface area is 124 Å². The summed E-state index contributed by atoms with van der Waals surface area (Å²) in [6, 6.07) is 14.1. The van der Waals surface area contributed by atoms with Gasteiger partial charge in [0.15, 0.2) is 0 Å². The quantitative estimate of drug-likeness (QED) is 0.928. The highest BCUT2D eigenvalue weighted by Crippen LogP contribution is 2.35. The first-order valence-corrected chi connectivity index (χ1v) is 7.30. The second-order valence-corrected chi connectivity index (χ2v) is 5.41. The molecule has 21 heavy (non-hydrogen) atoms. The van der Waals surface area contributed by atoms with Gasteiger partial charge < -0.3 is 10.1 Å². The van der Waals surface area contributed by atoms with Crippen LogP contribution in [0.1, 0.15) is 29.5 Å². The number of carbonyl (C=O) groups excluding carboxylic acids is 1. The monoisotopic (exact) mass is 281 g/mol. The van der Waals surface area contributed by atoms with Crippen LogP contribution in [0.5, 0.6) is 5.75 Å². The fourth-order valence-electron chi connectivity index (χ4n) is 2.77. The van der Waals surface area contributed by atoms with Gasteiger partial charge in [-0.3, -0.25) is 4.79 Å². The predicted octanol–water partition coefficient (Wildman–Crippen LogP) is 3.67. The van der Waals surface area contributed by atoms with Crippen molar-refractivity contribution in [1.29, 1.82) is 0 Å². The second kappa shape index (κ2) is 5.60. The van der Waals surface area contributed by atoms with E-state index in [0.29, 0.717) is 13.0 Å². The molecule has 0 saturated carbocycles. The summed E-state index contributed by atoms with van der Waals surface area (Å²) in [6.45, 7) is 4.68. The van der Waals surface area contributed by atoms with Crippen LogP contribution in [0.15, 0.2) is 42.5 Å². The molecule has 1 aliphatic heterocycles. The molecule has 2 aromatic rings. The van der Waals surface area contributed by atoms with Gasteiger partial charge in [-0.25, -0.2) is 0 Å². The molecule has 1 amide bonds. The van der Waals surface area contributed by atoms with E-state index in [1.54, 1.807) is 0 Å². The zero-order valence-electron chi connectivity index (χ0n) is 12.3. The Morgan fingerprint density at radius 3 is 2.62 bits per heavy atom. The Bertz CT molecular complexity index is 661. The maximum absolute atomic E-state index is 12.2. The van der Waals surface area contributed by atoms with Gasteiger partial charge in [-0.2, -0.15) is 0 Å². The van der Waals surface area contributed by atoms with Crippen LogP contribution in [0.3, 0.4) is 0 Å². The maximum atomic E-state index is 12.2. The van der Waals surface area contributed by atoms with Crippen LogP contribution in [0, 0.1) is 6.92 Å². The van der Waals surface area contributed by atoms with Gasteiger partial charge in [0.25, 0.3) is 0 Å². The van der Waals surface area contributed by atoms with Crippen molar-refractivity contribution in [2.75, 3.05) is 11.9 Å². The van der Waals surface area contributed by atoms with Crippen LogP contribution in [0.2, 0.25) is 0 Å². The summed E-state index contributed by atoms with van der Waals surface area (Å²) < 4.78 is 5.44. The molecule has 0 bridgehead atoms. The highest BCUT2D eigenvalue weighted by molar-refractivity contribution is 6.03. The molecule has 0 aliphatic carbocycles. The van der Waals surface area contributed by atoms with Crippen molar-refractivity contribution < 1.29 is 9.53 Å². The zero-order chi connectivity index (χ0) is 14.8. The van der Waals surface area contributed by atoms with Crippen molar-refractivity contribution in [2.45, 2.75) is 26.2 Å². The number of hydrogen-bond acceptors (Lipinski definition) is 2. The molecule has 0 saturated heterocycles. The number of ether oxygens (including phenoxy) is 1. The van der Waals surface area contributed by atoms with Crippen LogP contribution in [-0.2, 0) is 11.2 Å². The van der Waals surface area contributed by atoms with Crippen molar-refractivity contribution in [2.24, 2.45) is 0 Å². The molecule has 3 rings (SSSR count). The molecule has 3 nitrogen and oxygen atoms in total. The summed E-state index contributed by atoms with van der Waals surface area (Å²) in [7, 11) is 0. The Kier molecular flexibility index (Phi) is 3.65. The summed E-state index contributed by atoms with van der Waals surface area (Å²) in [5.41, 5.74) is 4.38. The van der Waals surface area contributed by atoms with Crippen LogP contribution < -0.4 is 10.1 Å². The number of benzene rings is 2. The van der Waals surface area contributed by atoms with Gasteiger partial charge in [0, 0.05) is 5.69 Å². The molecule has 0 fully saturated rings. The number of fused-ring (bicyclic) bond motifs is 1. The summed E-state index contributed by atoms with van der Waals surface area (Å²) in [5.74, 6) is 0.857. The third kappa shape index (κ3) is 2.77. The van der Waals surface area contributed by atoms with Gasteiger partial charge >= 0.3 is 0 Å². The highest BCUT2D eigenvalue weighted by atomic mass is 16.5. The molecular weight excluding hydrogens is 262 g/mol. The van der Waals surface area contributed by atoms with Crippen molar-refractivity contribution >= 4 is 11.6 Å². The summed E-state index contributed by atoms with van der Waals surface area (Å²) in [6.07, 6.45) is 0.717. The van der Waals surface area contributed by atoms with E-state index >= 15 is 0 Å². The number of aryl methyl sites for hydroxylation is 1. The molecule has 2 aromatic carbocycles. The zero-order valence-corrected chi connectivity index (χ0v) is 12.3. The van der Waals surface area contributed by atoms with Crippen molar-refractivity contribution in [3.8, 4) is 5.75 Å². The third-order valence-corrected chi connectivity index (χ3v) is 3.83. The lowest BCUT2D eigenvalue weighted by atomic mass is 9.92. The number of nitrogens with one attached hydrogen (secondary N) is 1. The minimum Gasteiger partial charge on any atom is -0.494 e. The fraction of sp³-hybridized carbons (Fsp3) is 0.278. The number of amides is 1. The van der Waals surface area contributed by atoms with Crippen LogP contribution >= 0.6 is 0 Å². The number of anilines is 1. The largest absolute Gasteiger partial charge is 0.494 e. The lowest BCUT2D eigenvalue weighted by Crippen LogP contribution is -2.14. The molecule has 1 N–H and O–H groups in total. The van der Waals surface area contributed by atoms with Crippen LogP contribution in [-0.4, -0.2) is 12.5 Å². The van der Waals surface area contributed by atoms with E-state index < -0.39 is 0 Å². The first-order chi connectivity index (χ1) is 10.2. The average Bonchev–Trinajstić information content (AvgIpc) is 2.77. The first kappa shape index (κ1) is 13.7. The number of hydrogen-bond donors (Lipinski definition) is 1. The molecule has 0 aromatic heterocycles. The van der Waals surface area contributed by atoms with E-state index in [1.807, 2.05) is 43.3 Å². The van der Waals surface area contributed by atoms with Crippen LogP contribution in [0.4, 0.5) is 5.69 Å². The van der Waals surface area contributed by atoms with Gasteiger partial charge in [-0.1, -0.05) is 29.8 Å². The average molecular weight is 281 g/mol. The Morgan fingerprint density at radius 2 is 1.90 bits per heavy atom. The maximum Gasteiger partial charge on any atom is 0.232 e. The summed E-state index contributed by atoms with van der Waals surface area (Å²) in [5, 5.41) is 2.96. The molecule has 1 aliphatic rings. The van der Waals surface area contributed by atoms with Crippen molar-refractivity contribution in [3.05, 3.63) is 59.2 Å². The fourth-order valence-corrected chi connectivity index (χ4v) is 2.77. The van der Waals surface area contributed by atoms with E-state index in [9.17, 15) is 4.79 Å². The Balaban J connectivity index is 1.82. The van der Waals surface area contributed by atoms with Gasteiger partial charge in [0.05, 0.1) is 12.5 Å². The smallest absolute Gasteiger partial charge is 0.232 e. The van der Waals surface area contributed by atoms with Gasteiger partial charge in [-0.05, 0) is 49.6 Å². The van der Waals surface area contributed by atoms with E-state index in [2.05, 4.69) is 18.3 Å². The minimum absolute atomic E-state index is 0.0875. The summed E-state index contributed by atoms with van der Waals surface area (Å²) >= 11 is 0. The van der Waals surface area contributed by atoms with Crippen molar-refractivity contribution in [3.63, 3.8) is 0 Å². The lowest BCUT2D eigenvalue weighted by molar-refractivity contribution is -0.117. The van der Waals surface area contributed by atoms with Gasteiger partial charge in [0.1, 0.15) is 5.75 Å². The Hall–Kier alpha value is -2.29. The van der Waals surface area contributed by atoms with E-state index in [-0.39, 0.29) is 11.8 Å². The molecule has 1 atom stereocenters. The molecular formula is C18H19NO2. The lowest BCUT2D eigenvalue weighted by Gasteiger charge is -2.10. The van der Waals surface area contributed by atoms with E-state index in [0.717, 1.165) is 22.6 Å². The summed E-state index contributed by atoms with van der Waals surface area (Å²) in [4.78, 5) is 12.2. The van der Waals surface area contributed by atoms with Gasteiger partial charge in [0.2, 0.25) is 5.91 Å². The SMILES string of the molecule is CCOc1ccc(CC2C(=O)Nc3ccc(C)cc32)cc1. The Morgan fingerprint density at radius 1 is 1.14 bits per heavy atom. The van der Waals surface area contributed by atoms with Crippen LogP contribution in [0.25, 0.3) is 0 Å². The minimum atomic E-state index is -0.0992. The molecule has 3 heteroatoms. The van der Waals surface area contributed by atoms with E-state index in [1.165, 1.54) is 5.56 Å². The molecule has 1 unspecified atom stereocenters. The topological polar surface area (TPSA) is 38.3 Å². The number of rotatable bonds is 4. The van der Waals surface area contributed by atoms with E-state index in [4.69, 9.17) is 4.74 Å². The molecule has 0 radical (unpaired) electrons. The normalized spacial score (nSPS) is 16.5.